The number of hydrogen-bond donors (Lipinski definition) is 1. The Labute approximate surface area is 115 Å². The van der Waals surface area contributed by atoms with Crippen molar-refractivity contribution in [1.82, 2.24) is 5.43 Å². The fourth-order valence-electron chi connectivity index (χ4n) is 1.85. The smallest absolute Gasteiger partial charge is 0.243 e. The highest BCUT2D eigenvalue weighted by Gasteiger charge is 2.29. The van der Waals surface area contributed by atoms with Crippen LogP contribution in [0.5, 0.6) is 0 Å². The summed E-state index contributed by atoms with van der Waals surface area (Å²) >= 11 is 0. The van der Waals surface area contributed by atoms with Crippen LogP contribution < -0.4 is 5.43 Å². The summed E-state index contributed by atoms with van der Waals surface area (Å²) < 4.78 is 0. The van der Waals surface area contributed by atoms with Crippen LogP contribution in [0.3, 0.4) is 0 Å². The number of carbonyl (C=O) groups excluding carboxylic acids is 1. The molecule has 0 heterocycles. The lowest BCUT2D eigenvalue weighted by atomic mass is 9.86. The number of hydrogen-bond acceptors (Lipinski definition) is 2. The molecule has 1 fully saturated rings. The molecule has 1 aliphatic carbocycles. The lowest BCUT2D eigenvalue weighted by molar-refractivity contribution is -0.122. The second-order valence-corrected chi connectivity index (χ2v) is 6.27. The lowest BCUT2D eigenvalue weighted by Crippen LogP contribution is -2.20. The lowest BCUT2D eigenvalue weighted by Gasteiger charge is -2.19. The van der Waals surface area contributed by atoms with Crippen molar-refractivity contribution in [2.45, 2.75) is 46.0 Å². The highest BCUT2D eigenvalue weighted by molar-refractivity contribution is 5.99. The maximum Gasteiger partial charge on any atom is 0.243 e. The first-order valence-corrected chi connectivity index (χ1v) is 6.83. The Morgan fingerprint density at radius 2 is 1.79 bits per heavy atom. The van der Waals surface area contributed by atoms with Crippen molar-refractivity contribution in [1.29, 1.82) is 0 Å². The van der Waals surface area contributed by atoms with Crippen LogP contribution in [-0.4, -0.2) is 11.6 Å². The fourth-order valence-corrected chi connectivity index (χ4v) is 1.85. The first-order valence-electron chi connectivity index (χ1n) is 6.83. The van der Waals surface area contributed by atoms with Crippen LogP contribution in [0.1, 0.15) is 51.7 Å². The number of carbonyl (C=O) groups is 1. The third-order valence-corrected chi connectivity index (χ3v) is 3.45. The Kier molecular flexibility index (Phi) is 3.74. The number of hydrazone groups is 1. The molecule has 0 atom stereocenters. The Morgan fingerprint density at radius 3 is 2.26 bits per heavy atom. The number of benzene rings is 1. The van der Waals surface area contributed by atoms with Crippen LogP contribution in [0.4, 0.5) is 0 Å². The van der Waals surface area contributed by atoms with Crippen molar-refractivity contribution in [3.8, 4) is 0 Å². The van der Waals surface area contributed by atoms with E-state index in [9.17, 15) is 4.79 Å². The van der Waals surface area contributed by atoms with Gasteiger partial charge in [-0.15, -0.1) is 0 Å². The van der Waals surface area contributed by atoms with Gasteiger partial charge in [0.2, 0.25) is 5.91 Å². The molecule has 0 radical (unpaired) electrons. The topological polar surface area (TPSA) is 41.5 Å². The predicted octanol–water partition coefficient (Wildman–Crippen LogP) is 3.23. The van der Waals surface area contributed by atoms with Crippen molar-refractivity contribution < 1.29 is 4.79 Å². The van der Waals surface area contributed by atoms with E-state index in [2.05, 4.69) is 55.6 Å². The van der Waals surface area contributed by atoms with Gasteiger partial charge in [0, 0.05) is 5.92 Å². The van der Waals surface area contributed by atoms with Gasteiger partial charge in [0.25, 0.3) is 0 Å². The molecular formula is C16H22N2O. The van der Waals surface area contributed by atoms with E-state index in [1.165, 1.54) is 5.56 Å². The number of nitrogens with zero attached hydrogens (tertiary/aromatic N) is 1. The van der Waals surface area contributed by atoms with Gasteiger partial charge < -0.3 is 0 Å². The van der Waals surface area contributed by atoms with Gasteiger partial charge in [-0.05, 0) is 36.3 Å². The zero-order valence-corrected chi connectivity index (χ0v) is 12.2. The minimum absolute atomic E-state index is 0.0469. The molecule has 1 amide bonds. The molecule has 3 heteroatoms. The second kappa shape index (κ2) is 5.16. The molecule has 19 heavy (non-hydrogen) atoms. The van der Waals surface area contributed by atoms with Gasteiger partial charge >= 0.3 is 0 Å². The molecule has 2 rings (SSSR count). The molecule has 3 nitrogen and oxygen atoms in total. The Hall–Kier alpha value is -1.64. The minimum atomic E-state index is 0.0469. The maximum absolute atomic E-state index is 11.5. The Bertz CT molecular complexity index is 490. The van der Waals surface area contributed by atoms with E-state index < -0.39 is 0 Å². The first-order chi connectivity index (χ1) is 8.88. The molecule has 0 spiro atoms. The molecular weight excluding hydrogens is 236 g/mol. The van der Waals surface area contributed by atoms with Gasteiger partial charge in [0.15, 0.2) is 0 Å². The molecule has 0 saturated heterocycles. The summed E-state index contributed by atoms with van der Waals surface area (Å²) in [4.78, 5) is 11.5. The molecule has 1 aromatic rings. The van der Waals surface area contributed by atoms with Gasteiger partial charge in [-0.1, -0.05) is 45.0 Å². The van der Waals surface area contributed by atoms with Crippen LogP contribution in [0.25, 0.3) is 0 Å². The molecule has 1 aliphatic rings. The Morgan fingerprint density at radius 1 is 1.21 bits per heavy atom. The average Bonchev–Trinajstić information content (AvgIpc) is 3.19. The van der Waals surface area contributed by atoms with E-state index in [0.29, 0.717) is 0 Å². The van der Waals surface area contributed by atoms with Gasteiger partial charge in [0.1, 0.15) is 0 Å². The molecule has 1 saturated carbocycles. The van der Waals surface area contributed by atoms with E-state index in [4.69, 9.17) is 0 Å². The second-order valence-electron chi connectivity index (χ2n) is 6.27. The van der Waals surface area contributed by atoms with E-state index in [-0.39, 0.29) is 17.2 Å². The maximum atomic E-state index is 11.5. The summed E-state index contributed by atoms with van der Waals surface area (Å²) in [6.07, 6.45) is 2.00. The van der Waals surface area contributed by atoms with E-state index in [0.717, 1.165) is 24.1 Å². The van der Waals surface area contributed by atoms with Gasteiger partial charge in [-0.2, -0.15) is 5.10 Å². The summed E-state index contributed by atoms with van der Waals surface area (Å²) in [6.45, 7) is 8.50. The zero-order valence-electron chi connectivity index (χ0n) is 12.2. The van der Waals surface area contributed by atoms with Crippen molar-refractivity contribution in [3.05, 3.63) is 35.4 Å². The third kappa shape index (κ3) is 3.66. The fraction of sp³-hybridized carbons (Fsp3) is 0.500. The summed E-state index contributed by atoms with van der Waals surface area (Å²) in [5, 5.41) is 4.16. The van der Waals surface area contributed by atoms with E-state index in [1.807, 2.05) is 6.92 Å². The normalized spacial score (nSPS) is 16.3. The highest BCUT2D eigenvalue weighted by Crippen LogP contribution is 2.28. The highest BCUT2D eigenvalue weighted by atomic mass is 16.2. The molecule has 1 N–H and O–H groups in total. The third-order valence-electron chi connectivity index (χ3n) is 3.45. The number of amides is 1. The van der Waals surface area contributed by atoms with Gasteiger partial charge in [-0.25, -0.2) is 5.43 Å². The number of nitrogens with one attached hydrogen (secondary N) is 1. The summed E-state index contributed by atoms with van der Waals surface area (Å²) in [5.74, 6) is 0.241. The molecule has 0 aliphatic heterocycles. The molecule has 102 valence electrons. The summed E-state index contributed by atoms with van der Waals surface area (Å²) in [6, 6.07) is 8.36. The van der Waals surface area contributed by atoms with Gasteiger partial charge in [0.05, 0.1) is 5.71 Å². The van der Waals surface area contributed by atoms with Gasteiger partial charge in [-0.3, -0.25) is 4.79 Å². The molecule has 1 aromatic carbocycles. The summed E-state index contributed by atoms with van der Waals surface area (Å²) in [7, 11) is 0. The Balaban J connectivity index is 2.04. The predicted molar refractivity (Wildman–Crippen MR) is 78.2 cm³/mol. The summed E-state index contributed by atoms with van der Waals surface area (Å²) in [5.41, 5.74) is 5.98. The number of rotatable bonds is 3. The van der Waals surface area contributed by atoms with Crippen molar-refractivity contribution in [3.63, 3.8) is 0 Å². The minimum Gasteiger partial charge on any atom is -0.273 e. The average molecular weight is 258 g/mol. The zero-order chi connectivity index (χ0) is 14.0. The SMILES string of the molecule is C/C(=N\NC(=O)C1CC1)c1ccc(C(C)(C)C)cc1. The largest absolute Gasteiger partial charge is 0.273 e. The van der Waals surface area contributed by atoms with E-state index >= 15 is 0 Å². The van der Waals surface area contributed by atoms with Crippen LogP contribution in [0.2, 0.25) is 0 Å². The van der Waals surface area contributed by atoms with Crippen LogP contribution >= 0.6 is 0 Å². The quantitative estimate of drug-likeness (QED) is 0.656. The molecule has 0 aromatic heterocycles. The van der Waals surface area contributed by atoms with E-state index in [1.54, 1.807) is 0 Å². The molecule has 0 unspecified atom stereocenters. The molecule has 0 bridgehead atoms. The van der Waals surface area contributed by atoms with Crippen LogP contribution in [-0.2, 0) is 10.2 Å². The first kappa shape index (κ1) is 13.8. The standard InChI is InChI=1S/C16H22N2O/c1-11(17-18-15(19)13-5-6-13)12-7-9-14(10-8-12)16(2,3)4/h7-10,13H,5-6H2,1-4H3,(H,18,19)/b17-11+. The monoisotopic (exact) mass is 258 g/mol. The van der Waals surface area contributed by atoms with Crippen LogP contribution in [0, 0.1) is 5.92 Å². The van der Waals surface area contributed by atoms with Crippen molar-refractivity contribution in [2.75, 3.05) is 0 Å². The van der Waals surface area contributed by atoms with Crippen molar-refractivity contribution in [2.24, 2.45) is 11.0 Å². The van der Waals surface area contributed by atoms with Crippen LogP contribution in [0.15, 0.2) is 29.4 Å². The van der Waals surface area contributed by atoms with Crippen molar-refractivity contribution >= 4 is 11.6 Å².